The Morgan fingerprint density at radius 1 is 1.17 bits per heavy atom. The van der Waals surface area contributed by atoms with Crippen molar-refractivity contribution in [1.29, 1.82) is 0 Å². The van der Waals surface area contributed by atoms with E-state index in [0.717, 1.165) is 5.92 Å². The van der Waals surface area contributed by atoms with Crippen molar-refractivity contribution in [3.63, 3.8) is 0 Å². The van der Waals surface area contributed by atoms with Gasteiger partial charge in [0.25, 0.3) is 0 Å². The fourth-order valence-corrected chi connectivity index (χ4v) is 1.20. The van der Waals surface area contributed by atoms with Crippen molar-refractivity contribution in [1.82, 2.24) is 5.32 Å². The molecule has 0 bridgehead atoms. The number of nitrogens with one attached hydrogen (secondary N) is 1. The average Bonchev–Trinajstić information content (AvgIpc) is 1.97. The van der Waals surface area contributed by atoms with E-state index in [9.17, 15) is 0 Å². The maximum Gasteiger partial charge on any atom is 0.00613 e. The number of hydrogen-bond donors (Lipinski definition) is 1. The number of rotatable bonds is 4. The quantitative estimate of drug-likeness (QED) is 0.685. The molecule has 12 heavy (non-hydrogen) atoms. The maximum absolute atomic E-state index is 3.30. The second kappa shape index (κ2) is 4.86. The second-order valence-electron chi connectivity index (χ2n) is 5.15. The largest absolute Gasteiger partial charge is 0.317 e. The Labute approximate surface area is 77.9 Å². The third kappa shape index (κ3) is 5.59. The van der Waals surface area contributed by atoms with Gasteiger partial charge in [-0.15, -0.1) is 0 Å². The van der Waals surface area contributed by atoms with Gasteiger partial charge < -0.3 is 5.32 Å². The molecule has 2 atom stereocenters. The average molecular weight is 171 g/mol. The third-order valence-corrected chi connectivity index (χ3v) is 2.66. The van der Waals surface area contributed by atoms with E-state index in [1.54, 1.807) is 0 Å². The first-order chi connectivity index (χ1) is 5.37. The Bertz CT molecular complexity index is 113. The van der Waals surface area contributed by atoms with Gasteiger partial charge in [-0.3, -0.25) is 0 Å². The van der Waals surface area contributed by atoms with Crippen LogP contribution in [0.15, 0.2) is 0 Å². The van der Waals surface area contributed by atoms with Crippen LogP contribution in [0.2, 0.25) is 0 Å². The molecule has 0 saturated carbocycles. The molecule has 1 nitrogen and oxygen atoms in total. The van der Waals surface area contributed by atoms with E-state index in [1.165, 1.54) is 12.8 Å². The minimum Gasteiger partial charge on any atom is -0.317 e. The van der Waals surface area contributed by atoms with Crippen molar-refractivity contribution < 1.29 is 0 Å². The molecule has 0 radical (unpaired) electrons. The lowest BCUT2D eigenvalue weighted by molar-refractivity contribution is 0.301. The van der Waals surface area contributed by atoms with Gasteiger partial charge in [-0.05, 0) is 38.1 Å². The highest BCUT2D eigenvalue weighted by molar-refractivity contribution is 4.70. The van der Waals surface area contributed by atoms with Crippen molar-refractivity contribution in [3.8, 4) is 0 Å². The molecule has 0 rings (SSSR count). The first-order valence-corrected chi connectivity index (χ1v) is 5.04. The Hall–Kier alpha value is -0.0400. The summed E-state index contributed by atoms with van der Waals surface area (Å²) in [5, 5.41) is 3.30. The molecule has 0 spiro atoms. The molecule has 74 valence electrons. The lowest BCUT2D eigenvalue weighted by atomic mass is 9.85. The van der Waals surface area contributed by atoms with E-state index in [0.29, 0.717) is 11.5 Å². The summed E-state index contributed by atoms with van der Waals surface area (Å²) in [6.07, 6.45) is 2.64. The van der Waals surface area contributed by atoms with Gasteiger partial charge in [0.05, 0.1) is 0 Å². The Morgan fingerprint density at radius 2 is 1.67 bits per heavy atom. The highest BCUT2D eigenvalue weighted by Crippen LogP contribution is 2.24. The van der Waals surface area contributed by atoms with Crippen molar-refractivity contribution in [2.75, 3.05) is 7.05 Å². The van der Waals surface area contributed by atoms with Gasteiger partial charge in [0, 0.05) is 6.04 Å². The molecule has 0 aromatic heterocycles. The summed E-state index contributed by atoms with van der Waals surface area (Å²) in [4.78, 5) is 0. The van der Waals surface area contributed by atoms with E-state index in [2.05, 4.69) is 39.9 Å². The minimum absolute atomic E-state index is 0.488. The highest BCUT2D eigenvalue weighted by Gasteiger charge is 2.15. The summed E-state index contributed by atoms with van der Waals surface area (Å²) in [5.41, 5.74) is 0.488. The topological polar surface area (TPSA) is 12.0 Å². The first-order valence-electron chi connectivity index (χ1n) is 5.04. The molecular formula is C11H25N. The maximum atomic E-state index is 3.30. The lowest BCUT2D eigenvalue weighted by Gasteiger charge is -2.24. The van der Waals surface area contributed by atoms with Gasteiger partial charge >= 0.3 is 0 Å². The molecule has 2 unspecified atom stereocenters. The Kier molecular flexibility index (Phi) is 4.84. The van der Waals surface area contributed by atoms with E-state index >= 15 is 0 Å². The van der Waals surface area contributed by atoms with Crippen LogP contribution in [0.5, 0.6) is 0 Å². The van der Waals surface area contributed by atoms with E-state index in [-0.39, 0.29) is 0 Å². The van der Waals surface area contributed by atoms with Crippen LogP contribution < -0.4 is 5.32 Å². The van der Waals surface area contributed by atoms with Crippen molar-refractivity contribution in [2.24, 2.45) is 11.3 Å². The molecule has 0 aliphatic heterocycles. The standard InChI is InChI=1S/C11H25N/c1-9(10(2)12-6)7-8-11(3,4)5/h9-10,12H,7-8H2,1-6H3. The molecule has 0 aliphatic carbocycles. The van der Waals surface area contributed by atoms with Crippen LogP contribution in [0.4, 0.5) is 0 Å². The molecule has 0 aliphatic rings. The van der Waals surface area contributed by atoms with Crippen molar-refractivity contribution in [2.45, 2.75) is 53.5 Å². The molecule has 0 heterocycles. The molecule has 1 N–H and O–H groups in total. The van der Waals surface area contributed by atoms with Crippen molar-refractivity contribution >= 4 is 0 Å². The summed E-state index contributed by atoms with van der Waals surface area (Å²) in [6, 6.07) is 0.646. The molecular weight excluding hydrogens is 146 g/mol. The predicted octanol–water partition coefficient (Wildman–Crippen LogP) is 3.06. The second-order valence-corrected chi connectivity index (χ2v) is 5.15. The summed E-state index contributed by atoms with van der Waals surface area (Å²) in [7, 11) is 2.04. The molecule has 1 heteroatoms. The van der Waals surface area contributed by atoms with Gasteiger partial charge in [0.1, 0.15) is 0 Å². The zero-order valence-electron chi connectivity index (χ0n) is 9.57. The van der Waals surface area contributed by atoms with Gasteiger partial charge in [0.15, 0.2) is 0 Å². The van der Waals surface area contributed by atoms with E-state index < -0.39 is 0 Å². The molecule has 0 amide bonds. The van der Waals surface area contributed by atoms with Crippen LogP contribution in [0, 0.1) is 11.3 Å². The van der Waals surface area contributed by atoms with Crippen LogP contribution >= 0.6 is 0 Å². The third-order valence-electron chi connectivity index (χ3n) is 2.66. The van der Waals surface area contributed by atoms with Gasteiger partial charge in [-0.25, -0.2) is 0 Å². The first kappa shape index (κ1) is 12.0. The molecule has 0 aromatic rings. The highest BCUT2D eigenvalue weighted by atomic mass is 14.9. The molecule has 0 aromatic carbocycles. The summed E-state index contributed by atoms with van der Waals surface area (Å²) < 4.78 is 0. The monoisotopic (exact) mass is 171 g/mol. The fraction of sp³-hybridized carbons (Fsp3) is 1.00. The zero-order chi connectivity index (χ0) is 9.78. The summed E-state index contributed by atoms with van der Waals surface area (Å²) >= 11 is 0. The summed E-state index contributed by atoms with van der Waals surface area (Å²) in [6.45, 7) is 11.5. The predicted molar refractivity (Wildman–Crippen MR) is 56.4 cm³/mol. The van der Waals surface area contributed by atoms with Crippen LogP contribution in [0.1, 0.15) is 47.5 Å². The lowest BCUT2D eigenvalue weighted by Crippen LogP contribution is -2.29. The van der Waals surface area contributed by atoms with Gasteiger partial charge in [0.2, 0.25) is 0 Å². The van der Waals surface area contributed by atoms with Crippen LogP contribution in [0.3, 0.4) is 0 Å². The zero-order valence-corrected chi connectivity index (χ0v) is 9.57. The van der Waals surface area contributed by atoms with Crippen molar-refractivity contribution in [3.05, 3.63) is 0 Å². The van der Waals surface area contributed by atoms with E-state index in [4.69, 9.17) is 0 Å². The smallest absolute Gasteiger partial charge is 0.00613 e. The SMILES string of the molecule is CNC(C)C(C)CCC(C)(C)C. The van der Waals surface area contributed by atoms with E-state index in [1.807, 2.05) is 7.05 Å². The van der Waals surface area contributed by atoms with Crippen LogP contribution in [0.25, 0.3) is 0 Å². The van der Waals surface area contributed by atoms with Crippen LogP contribution in [-0.4, -0.2) is 13.1 Å². The van der Waals surface area contributed by atoms with Crippen LogP contribution in [-0.2, 0) is 0 Å². The fourth-order valence-electron chi connectivity index (χ4n) is 1.20. The minimum atomic E-state index is 0.488. The Morgan fingerprint density at radius 3 is 2.00 bits per heavy atom. The Balaban J connectivity index is 3.64. The molecule has 0 saturated heterocycles. The number of hydrogen-bond acceptors (Lipinski definition) is 1. The normalized spacial score (nSPS) is 17.5. The van der Waals surface area contributed by atoms with Gasteiger partial charge in [-0.2, -0.15) is 0 Å². The van der Waals surface area contributed by atoms with Gasteiger partial charge in [-0.1, -0.05) is 27.7 Å². The summed E-state index contributed by atoms with van der Waals surface area (Å²) in [5.74, 6) is 0.786. The molecule has 0 fully saturated rings.